The molecule has 0 saturated carbocycles. The number of ketones is 2. The number of aliphatic carboxylic acids is 2. The molecule has 3 aromatic rings. The van der Waals surface area contributed by atoms with Crippen molar-refractivity contribution in [2.75, 3.05) is 0 Å². The molecule has 2 aromatic carbocycles. The minimum Gasteiger partial charge on any atom is -0.479 e. The number of carbonyl (C=O) groups excluding carboxylic acids is 2. The molecule has 10 heteroatoms. The minimum atomic E-state index is -3.96. The molecule has 0 aliphatic heterocycles. The quantitative estimate of drug-likeness (QED) is 0.303. The molecule has 0 spiro atoms. The van der Waals surface area contributed by atoms with Gasteiger partial charge in [-0.1, -0.05) is 64.8 Å². The summed E-state index contributed by atoms with van der Waals surface area (Å²) >= 11 is 0. The van der Waals surface area contributed by atoms with E-state index in [4.69, 9.17) is 0 Å². The van der Waals surface area contributed by atoms with Crippen LogP contribution in [0.2, 0.25) is 0 Å². The van der Waals surface area contributed by atoms with Gasteiger partial charge < -0.3 is 24.9 Å². The van der Waals surface area contributed by atoms with Crippen molar-refractivity contribution in [3.8, 4) is 0 Å². The monoisotopic (exact) mass is 455 g/mol. The van der Waals surface area contributed by atoms with Crippen LogP contribution in [0.15, 0.2) is 71.6 Å². The number of nitrogens with zero attached hydrogens (tertiary/aromatic N) is 1. The second-order valence-electron chi connectivity index (χ2n) is 7.11. The van der Waals surface area contributed by atoms with Gasteiger partial charge in [0.25, 0.3) is 11.2 Å². The lowest BCUT2D eigenvalue weighted by Gasteiger charge is -2.34. The standard InChI is InChI=1S/C20H18O8.C3H3NO/c1-11-3-7-13(8-4-11)15(21)19(27,17(23)24)20(28,18(25)26)16(22)14-9-5-12(2)6-10-14;1-2-4-5-3-1/h3-10,27-28H,1-2H3,(H,23,24)(H,25,26);1-3H/t19-,20-;/m1./s1. The Hall–Kier alpha value is -4.15. The first-order chi connectivity index (χ1) is 15.5. The molecule has 0 amide bonds. The van der Waals surface area contributed by atoms with Crippen molar-refractivity contribution in [1.29, 1.82) is 0 Å². The van der Waals surface area contributed by atoms with Gasteiger partial charge in [0.15, 0.2) is 0 Å². The van der Waals surface area contributed by atoms with Crippen molar-refractivity contribution < 1.29 is 44.1 Å². The lowest BCUT2D eigenvalue weighted by Crippen LogP contribution is -2.71. The fourth-order valence-electron chi connectivity index (χ4n) is 2.84. The SMILES string of the molecule is Cc1ccc(C(=O)[C@@](O)(C(=O)O)[C@](O)(C(=O)O)C(=O)c2ccc(C)cc2)cc1.c1cnoc1. The number of hydrogen-bond acceptors (Lipinski definition) is 8. The highest BCUT2D eigenvalue weighted by Crippen LogP contribution is 2.32. The van der Waals surface area contributed by atoms with E-state index in [0.29, 0.717) is 11.1 Å². The number of carboxylic acid groups (broad SMARTS) is 2. The van der Waals surface area contributed by atoms with Gasteiger partial charge >= 0.3 is 11.9 Å². The summed E-state index contributed by atoms with van der Waals surface area (Å²) in [5.41, 5.74) is -7.27. The molecule has 2 atom stereocenters. The zero-order chi connectivity index (χ0) is 24.8. The summed E-state index contributed by atoms with van der Waals surface area (Å²) in [6.07, 6.45) is 3.10. The summed E-state index contributed by atoms with van der Waals surface area (Å²) in [6, 6.07) is 12.1. The summed E-state index contributed by atoms with van der Waals surface area (Å²) in [6.45, 7) is 3.37. The Kier molecular flexibility index (Phi) is 7.60. The Labute approximate surface area is 187 Å². The molecule has 172 valence electrons. The molecular weight excluding hydrogens is 434 g/mol. The fourth-order valence-corrected chi connectivity index (χ4v) is 2.84. The van der Waals surface area contributed by atoms with Gasteiger partial charge in [-0.05, 0) is 19.9 Å². The molecule has 0 unspecified atom stereocenters. The number of aromatic nitrogens is 1. The van der Waals surface area contributed by atoms with Gasteiger partial charge in [0.2, 0.25) is 11.6 Å². The fraction of sp³-hybridized carbons (Fsp3) is 0.174. The molecule has 0 saturated heterocycles. The first kappa shape index (κ1) is 25.1. The van der Waals surface area contributed by atoms with Crippen LogP contribution in [0.3, 0.4) is 0 Å². The van der Waals surface area contributed by atoms with Crippen LogP contribution < -0.4 is 0 Å². The maximum absolute atomic E-state index is 12.8. The molecule has 4 N–H and O–H groups in total. The average molecular weight is 455 g/mol. The molecule has 33 heavy (non-hydrogen) atoms. The normalized spacial score (nSPS) is 14.1. The number of aryl methyl sites for hydroxylation is 2. The predicted octanol–water partition coefficient (Wildman–Crippen LogP) is 1.68. The topological polar surface area (TPSA) is 175 Å². The molecular formula is C23H21NO9. The Bertz CT molecular complexity index is 1040. The van der Waals surface area contributed by atoms with Gasteiger partial charge in [0.1, 0.15) is 6.26 Å². The second-order valence-corrected chi connectivity index (χ2v) is 7.11. The summed E-state index contributed by atoms with van der Waals surface area (Å²) < 4.78 is 4.33. The van der Waals surface area contributed by atoms with Crippen LogP contribution in [0.4, 0.5) is 0 Å². The highest BCUT2D eigenvalue weighted by Gasteiger charge is 2.69. The molecule has 3 rings (SSSR count). The smallest absolute Gasteiger partial charge is 0.348 e. The molecule has 0 radical (unpaired) electrons. The van der Waals surface area contributed by atoms with Crippen LogP contribution in [-0.2, 0) is 9.59 Å². The van der Waals surface area contributed by atoms with Crippen LogP contribution in [-0.4, -0.2) is 60.3 Å². The van der Waals surface area contributed by atoms with Gasteiger partial charge in [0.05, 0.1) is 6.20 Å². The molecule has 0 bridgehead atoms. The van der Waals surface area contributed by atoms with Crippen LogP contribution in [0.5, 0.6) is 0 Å². The summed E-state index contributed by atoms with van der Waals surface area (Å²) in [5.74, 6) is -8.01. The van der Waals surface area contributed by atoms with Crippen molar-refractivity contribution in [2.24, 2.45) is 0 Å². The van der Waals surface area contributed by atoms with Crippen molar-refractivity contribution in [3.63, 3.8) is 0 Å². The maximum Gasteiger partial charge on any atom is 0.348 e. The number of carboxylic acids is 2. The number of benzene rings is 2. The van der Waals surface area contributed by atoms with E-state index in [2.05, 4.69) is 9.68 Å². The largest absolute Gasteiger partial charge is 0.479 e. The van der Waals surface area contributed by atoms with Gasteiger partial charge in [-0.25, -0.2) is 9.59 Å². The van der Waals surface area contributed by atoms with Crippen LogP contribution >= 0.6 is 0 Å². The molecule has 1 heterocycles. The van der Waals surface area contributed by atoms with Crippen LogP contribution in [0, 0.1) is 13.8 Å². The number of rotatable bonds is 7. The number of Topliss-reactive ketones (excluding diaryl/α,β-unsaturated/α-hetero) is 2. The van der Waals surface area contributed by atoms with E-state index in [1.54, 1.807) is 26.1 Å². The first-order valence-corrected chi connectivity index (χ1v) is 9.45. The molecule has 0 aliphatic carbocycles. The predicted molar refractivity (Wildman–Crippen MR) is 113 cm³/mol. The van der Waals surface area contributed by atoms with Gasteiger partial charge in [-0.3, -0.25) is 9.59 Å². The van der Waals surface area contributed by atoms with E-state index in [0.717, 1.165) is 24.3 Å². The average Bonchev–Trinajstić information content (AvgIpc) is 3.38. The van der Waals surface area contributed by atoms with Crippen LogP contribution in [0.25, 0.3) is 0 Å². The zero-order valence-electron chi connectivity index (χ0n) is 17.6. The Balaban J connectivity index is 0.000000678. The summed E-state index contributed by atoms with van der Waals surface area (Å²) in [5, 5.41) is 43.7. The van der Waals surface area contributed by atoms with E-state index in [-0.39, 0.29) is 11.1 Å². The van der Waals surface area contributed by atoms with Crippen molar-refractivity contribution in [3.05, 3.63) is 89.3 Å². The van der Waals surface area contributed by atoms with Crippen molar-refractivity contribution in [2.45, 2.75) is 25.0 Å². The number of aliphatic hydroxyl groups is 2. The Morgan fingerprint density at radius 3 is 1.30 bits per heavy atom. The van der Waals surface area contributed by atoms with E-state index >= 15 is 0 Å². The minimum absolute atomic E-state index is 0.383. The molecule has 0 aliphatic rings. The number of carbonyl (C=O) groups is 4. The van der Waals surface area contributed by atoms with Crippen LogP contribution in [0.1, 0.15) is 31.8 Å². The third-order valence-electron chi connectivity index (χ3n) is 4.77. The molecule has 10 nitrogen and oxygen atoms in total. The third-order valence-corrected chi connectivity index (χ3v) is 4.77. The van der Waals surface area contributed by atoms with Gasteiger partial charge in [0, 0.05) is 11.1 Å². The molecule has 0 fully saturated rings. The van der Waals surface area contributed by atoms with E-state index in [1.165, 1.54) is 30.5 Å². The summed E-state index contributed by atoms with van der Waals surface area (Å²) in [7, 11) is 0. The van der Waals surface area contributed by atoms with Crippen molar-refractivity contribution in [1.82, 2.24) is 5.16 Å². The third kappa shape index (κ3) is 4.86. The zero-order valence-corrected chi connectivity index (χ0v) is 17.6. The first-order valence-electron chi connectivity index (χ1n) is 9.45. The van der Waals surface area contributed by atoms with E-state index < -0.39 is 34.7 Å². The Morgan fingerprint density at radius 1 is 0.727 bits per heavy atom. The number of hydrogen-bond donors (Lipinski definition) is 4. The van der Waals surface area contributed by atoms with Gasteiger partial charge in [-0.15, -0.1) is 0 Å². The highest BCUT2D eigenvalue weighted by molar-refractivity contribution is 6.28. The van der Waals surface area contributed by atoms with E-state index in [1.807, 2.05) is 0 Å². The van der Waals surface area contributed by atoms with Crippen molar-refractivity contribution >= 4 is 23.5 Å². The summed E-state index contributed by atoms with van der Waals surface area (Å²) in [4.78, 5) is 49.1. The second kappa shape index (κ2) is 9.98. The lowest BCUT2D eigenvalue weighted by molar-refractivity contribution is -0.187. The molecule has 1 aromatic heterocycles. The van der Waals surface area contributed by atoms with Gasteiger partial charge in [-0.2, -0.15) is 0 Å². The Morgan fingerprint density at radius 2 is 1.09 bits per heavy atom. The maximum atomic E-state index is 12.8. The van der Waals surface area contributed by atoms with E-state index in [9.17, 15) is 39.6 Å². The highest BCUT2D eigenvalue weighted by atomic mass is 16.5. The lowest BCUT2D eigenvalue weighted by atomic mass is 9.73.